The Morgan fingerprint density at radius 3 is 2.84 bits per heavy atom. The van der Waals surface area contributed by atoms with E-state index in [1.807, 2.05) is 33.2 Å². The number of hydrogen-bond donors (Lipinski definition) is 2. The first-order chi connectivity index (χ1) is 9.08. The number of amides is 2. The molecule has 108 valence electrons. The third kappa shape index (κ3) is 4.95. The summed E-state index contributed by atoms with van der Waals surface area (Å²) < 4.78 is 2.10. The van der Waals surface area contributed by atoms with Crippen LogP contribution in [0.2, 0.25) is 0 Å². The lowest BCUT2D eigenvalue weighted by Crippen LogP contribution is -2.45. The monoisotopic (exact) mass is 267 g/mol. The zero-order valence-corrected chi connectivity index (χ0v) is 12.1. The van der Waals surface area contributed by atoms with Crippen molar-refractivity contribution in [3.63, 3.8) is 0 Å². The molecule has 19 heavy (non-hydrogen) atoms. The molecule has 0 aliphatic heterocycles. The molecule has 1 unspecified atom stereocenters. The molecule has 0 aliphatic rings. The van der Waals surface area contributed by atoms with Gasteiger partial charge in [-0.1, -0.05) is 0 Å². The maximum absolute atomic E-state index is 11.9. The van der Waals surface area contributed by atoms with Crippen LogP contribution >= 0.6 is 0 Å². The summed E-state index contributed by atoms with van der Waals surface area (Å²) >= 11 is 0. The van der Waals surface area contributed by atoms with Gasteiger partial charge in [0.15, 0.2) is 0 Å². The van der Waals surface area contributed by atoms with Gasteiger partial charge in [0, 0.05) is 38.1 Å². The second-order valence-corrected chi connectivity index (χ2v) is 4.80. The summed E-state index contributed by atoms with van der Waals surface area (Å²) in [6.45, 7) is 4.90. The molecule has 0 radical (unpaired) electrons. The van der Waals surface area contributed by atoms with Gasteiger partial charge in [-0.05, 0) is 38.8 Å². The van der Waals surface area contributed by atoms with Gasteiger partial charge in [-0.3, -0.25) is 0 Å². The fourth-order valence-electron chi connectivity index (χ4n) is 2.02. The molecule has 0 fully saturated rings. The van der Waals surface area contributed by atoms with Gasteiger partial charge in [0.25, 0.3) is 0 Å². The van der Waals surface area contributed by atoms with Gasteiger partial charge in [0.2, 0.25) is 0 Å². The van der Waals surface area contributed by atoms with Gasteiger partial charge < -0.3 is 19.9 Å². The van der Waals surface area contributed by atoms with Crippen LogP contribution in [0.5, 0.6) is 0 Å². The number of hydrogen-bond acceptors (Lipinski definition) is 2. The summed E-state index contributed by atoms with van der Waals surface area (Å²) in [5, 5.41) is 11.8. The number of carbonyl (C=O) groups is 1. The quantitative estimate of drug-likeness (QED) is 0.784. The number of likely N-dealkylation sites (N-methyl/N-ethyl adjacent to an activating group) is 1. The molecule has 1 rings (SSSR count). The van der Waals surface area contributed by atoms with E-state index in [4.69, 9.17) is 5.11 Å². The summed E-state index contributed by atoms with van der Waals surface area (Å²) in [6, 6.07) is 4.14. The smallest absolute Gasteiger partial charge is 0.317 e. The number of rotatable bonds is 7. The third-order valence-electron chi connectivity index (χ3n) is 3.29. The van der Waals surface area contributed by atoms with Crippen molar-refractivity contribution in [2.75, 3.05) is 19.7 Å². The van der Waals surface area contributed by atoms with E-state index in [0.29, 0.717) is 13.1 Å². The van der Waals surface area contributed by atoms with Crippen molar-refractivity contribution in [3.05, 3.63) is 24.0 Å². The number of aliphatic hydroxyl groups excluding tert-OH is 1. The Balaban J connectivity index is 2.36. The van der Waals surface area contributed by atoms with Crippen molar-refractivity contribution in [1.29, 1.82) is 0 Å². The topological polar surface area (TPSA) is 57.5 Å². The average molecular weight is 267 g/mol. The molecule has 0 saturated carbocycles. The van der Waals surface area contributed by atoms with Crippen molar-refractivity contribution in [2.24, 2.45) is 7.05 Å². The molecule has 0 bridgehead atoms. The van der Waals surface area contributed by atoms with E-state index in [2.05, 4.69) is 16.0 Å². The van der Waals surface area contributed by atoms with E-state index in [9.17, 15) is 4.79 Å². The molecular formula is C14H25N3O2. The van der Waals surface area contributed by atoms with Crippen LogP contribution in [0.3, 0.4) is 0 Å². The van der Waals surface area contributed by atoms with Crippen LogP contribution in [0.25, 0.3) is 0 Å². The van der Waals surface area contributed by atoms with E-state index >= 15 is 0 Å². The number of carbonyl (C=O) groups excluding carboxylic acids is 1. The average Bonchev–Trinajstić information content (AvgIpc) is 2.79. The Hall–Kier alpha value is -1.49. The van der Waals surface area contributed by atoms with Crippen LogP contribution in [0, 0.1) is 0 Å². The van der Waals surface area contributed by atoms with Gasteiger partial charge in [-0.15, -0.1) is 0 Å². The van der Waals surface area contributed by atoms with E-state index < -0.39 is 0 Å². The second-order valence-electron chi connectivity index (χ2n) is 4.80. The molecule has 1 aromatic rings. The molecule has 1 heterocycles. The first-order valence-corrected chi connectivity index (χ1v) is 6.85. The molecule has 1 atom stereocenters. The molecule has 2 N–H and O–H groups in total. The van der Waals surface area contributed by atoms with Crippen LogP contribution in [0.4, 0.5) is 4.79 Å². The fourth-order valence-corrected chi connectivity index (χ4v) is 2.02. The minimum absolute atomic E-state index is 0.00100. The highest BCUT2D eigenvalue weighted by atomic mass is 16.3. The van der Waals surface area contributed by atoms with E-state index in [-0.39, 0.29) is 18.7 Å². The van der Waals surface area contributed by atoms with Crippen LogP contribution in [-0.4, -0.2) is 46.3 Å². The first-order valence-electron chi connectivity index (χ1n) is 6.85. The third-order valence-corrected chi connectivity index (χ3v) is 3.29. The van der Waals surface area contributed by atoms with Crippen LogP contribution in [-0.2, 0) is 13.5 Å². The lowest BCUT2D eigenvalue weighted by atomic mass is 10.1. The highest BCUT2D eigenvalue weighted by Crippen LogP contribution is 2.05. The zero-order valence-electron chi connectivity index (χ0n) is 12.1. The lowest BCUT2D eigenvalue weighted by Gasteiger charge is -2.23. The minimum atomic E-state index is -0.101. The Bertz CT molecular complexity index is 390. The minimum Gasteiger partial charge on any atom is -0.395 e. The largest absolute Gasteiger partial charge is 0.395 e. The van der Waals surface area contributed by atoms with Crippen molar-refractivity contribution >= 4 is 6.03 Å². The number of aliphatic hydroxyl groups is 1. The SMILES string of the molecule is CCN(CCO)C(=O)NC(C)CCc1cccn1C. The van der Waals surface area contributed by atoms with Crippen molar-refractivity contribution in [1.82, 2.24) is 14.8 Å². The number of aryl methyl sites for hydroxylation is 2. The molecular weight excluding hydrogens is 242 g/mol. The Morgan fingerprint density at radius 1 is 1.58 bits per heavy atom. The standard InChI is InChI=1S/C14H25N3O2/c1-4-17(10-11-18)14(19)15-12(2)7-8-13-6-5-9-16(13)3/h5-6,9,12,18H,4,7-8,10-11H2,1-3H3,(H,15,19). The van der Waals surface area contributed by atoms with Crippen molar-refractivity contribution in [2.45, 2.75) is 32.7 Å². The first kappa shape index (κ1) is 15.6. The van der Waals surface area contributed by atoms with Gasteiger partial charge in [0.1, 0.15) is 0 Å². The highest BCUT2D eigenvalue weighted by molar-refractivity contribution is 5.74. The second kappa shape index (κ2) is 7.84. The fraction of sp³-hybridized carbons (Fsp3) is 0.643. The maximum atomic E-state index is 11.9. The molecule has 2 amide bonds. The van der Waals surface area contributed by atoms with E-state index in [1.165, 1.54) is 5.69 Å². The van der Waals surface area contributed by atoms with Crippen molar-refractivity contribution < 1.29 is 9.90 Å². The lowest BCUT2D eigenvalue weighted by molar-refractivity contribution is 0.177. The van der Waals surface area contributed by atoms with E-state index in [1.54, 1.807) is 4.90 Å². The molecule has 0 aliphatic carbocycles. The predicted molar refractivity (Wildman–Crippen MR) is 76.1 cm³/mol. The summed E-state index contributed by atoms with van der Waals surface area (Å²) in [4.78, 5) is 13.5. The highest BCUT2D eigenvalue weighted by Gasteiger charge is 2.13. The summed E-state index contributed by atoms with van der Waals surface area (Å²) in [5.74, 6) is 0. The molecule has 0 spiro atoms. The number of nitrogens with one attached hydrogen (secondary N) is 1. The molecule has 0 saturated heterocycles. The zero-order chi connectivity index (χ0) is 14.3. The normalized spacial score (nSPS) is 12.2. The molecule has 1 aromatic heterocycles. The van der Waals surface area contributed by atoms with Gasteiger partial charge in [0.05, 0.1) is 6.61 Å². The molecule has 0 aromatic carbocycles. The Morgan fingerprint density at radius 2 is 2.32 bits per heavy atom. The number of aromatic nitrogens is 1. The van der Waals surface area contributed by atoms with Gasteiger partial charge in [-0.25, -0.2) is 4.79 Å². The van der Waals surface area contributed by atoms with Gasteiger partial charge >= 0.3 is 6.03 Å². The molecule has 5 nitrogen and oxygen atoms in total. The number of urea groups is 1. The Labute approximate surface area is 115 Å². The van der Waals surface area contributed by atoms with E-state index in [0.717, 1.165) is 12.8 Å². The summed E-state index contributed by atoms with van der Waals surface area (Å²) in [7, 11) is 2.03. The predicted octanol–water partition coefficient (Wildman–Crippen LogP) is 1.37. The summed E-state index contributed by atoms with van der Waals surface area (Å²) in [5.41, 5.74) is 1.27. The number of nitrogens with zero attached hydrogens (tertiary/aromatic N) is 2. The van der Waals surface area contributed by atoms with Gasteiger partial charge in [-0.2, -0.15) is 0 Å². The Kier molecular flexibility index (Phi) is 6.42. The van der Waals surface area contributed by atoms with Crippen molar-refractivity contribution in [3.8, 4) is 0 Å². The van der Waals surface area contributed by atoms with Crippen LogP contribution in [0.15, 0.2) is 18.3 Å². The maximum Gasteiger partial charge on any atom is 0.317 e. The van der Waals surface area contributed by atoms with Crippen LogP contribution < -0.4 is 5.32 Å². The molecule has 5 heteroatoms. The summed E-state index contributed by atoms with van der Waals surface area (Å²) in [6.07, 6.45) is 3.87. The van der Waals surface area contributed by atoms with Crippen LogP contribution in [0.1, 0.15) is 26.0 Å².